The fraction of sp³-hybridized carbons (Fsp3) is 0.393. The maximum atomic E-state index is 6.16. The van der Waals surface area contributed by atoms with Crippen LogP contribution in [-0.4, -0.2) is 34.3 Å². The Morgan fingerprint density at radius 2 is 1.97 bits per heavy atom. The van der Waals surface area contributed by atoms with E-state index in [4.69, 9.17) is 17.0 Å². The van der Waals surface area contributed by atoms with Crippen molar-refractivity contribution in [2.45, 2.75) is 45.6 Å². The lowest BCUT2D eigenvalue weighted by Crippen LogP contribution is -2.50. The number of fused-ring (bicyclic) bond motifs is 3. The molecule has 2 aromatic carbocycles. The van der Waals surface area contributed by atoms with Gasteiger partial charge in [0.1, 0.15) is 6.61 Å². The fourth-order valence-electron chi connectivity index (χ4n) is 6.42. The van der Waals surface area contributed by atoms with Gasteiger partial charge in [-0.3, -0.25) is 4.90 Å². The maximum absolute atomic E-state index is 6.16. The minimum Gasteiger partial charge on any atom is -0.464 e. The van der Waals surface area contributed by atoms with Crippen LogP contribution < -0.4 is 5.32 Å². The molecule has 0 radical (unpaired) electrons. The van der Waals surface area contributed by atoms with Gasteiger partial charge in [-0.2, -0.15) is 0 Å². The summed E-state index contributed by atoms with van der Waals surface area (Å²) in [5, 5.41) is 5.06. The number of para-hydroxylation sites is 1. The van der Waals surface area contributed by atoms with E-state index in [1.165, 1.54) is 52.8 Å². The summed E-state index contributed by atoms with van der Waals surface area (Å²) < 4.78 is 8.66. The van der Waals surface area contributed by atoms with Crippen LogP contribution in [0, 0.1) is 12.3 Å². The SMILES string of the molecule is CC[C@@]12C=C(COC(=S)Nc3ccc(C)cc3)n3c4c(c5ccccc53)CCN(CCC1)[C@H]42. The van der Waals surface area contributed by atoms with Gasteiger partial charge in [0.05, 0.1) is 17.3 Å². The monoisotopic (exact) mass is 457 g/mol. The van der Waals surface area contributed by atoms with Gasteiger partial charge in [-0.05, 0) is 75.1 Å². The highest BCUT2D eigenvalue weighted by molar-refractivity contribution is 7.80. The second-order valence-electron chi connectivity index (χ2n) is 9.80. The van der Waals surface area contributed by atoms with E-state index in [1.807, 2.05) is 12.1 Å². The largest absolute Gasteiger partial charge is 0.464 e. The highest BCUT2D eigenvalue weighted by Crippen LogP contribution is 2.56. The van der Waals surface area contributed by atoms with Gasteiger partial charge in [-0.15, -0.1) is 0 Å². The molecule has 4 heterocycles. The van der Waals surface area contributed by atoms with E-state index in [-0.39, 0.29) is 5.41 Å². The first kappa shape index (κ1) is 20.9. The first-order valence-corrected chi connectivity index (χ1v) is 12.6. The smallest absolute Gasteiger partial charge is 0.261 e. The molecule has 33 heavy (non-hydrogen) atoms. The molecule has 3 aliphatic heterocycles. The number of thiocarbonyl (C=S) groups is 1. The average Bonchev–Trinajstić information content (AvgIpc) is 3.18. The molecule has 1 N–H and O–H groups in total. The number of aryl methyl sites for hydroxylation is 1. The van der Waals surface area contributed by atoms with Crippen molar-refractivity contribution in [1.29, 1.82) is 0 Å². The number of aromatic nitrogens is 1. The highest BCUT2D eigenvalue weighted by Gasteiger charge is 2.50. The third-order valence-corrected chi connectivity index (χ3v) is 8.19. The molecule has 5 heteroatoms. The van der Waals surface area contributed by atoms with Crippen LogP contribution >= 0.6 is 12.2 Å². The number of anilines is 1. The summed E-state index contributed by atoms with van der Waals surface area (Å²) >= 11 is 5.56. The number of piperidine rings is 1. The summed E-state index contributed by atoms with van der Waals surface area (Å²) in [6.45, 7) is 7.28. The molecule has 4 nitrogen and oxygen atoms in total. The summed E-state index contributed by atoms with van der Waals surface area (Å²) in [6, 6.07) is 17.6. The average molecular weight is 458 g/mol. The summed E-state index contributed by atoms with van der Waals surface area (Å²) in [5.41, 5.74) is 7.92. The molecule has 1 fully saturated rings. The summed E-state index contributed by atoms with van der Waals surface area (Å²) in [7, 11) is 0. The van der Waals surface area contributed by atoms with E-state index in [2.05, 4.69) is 71.1 Å². The minimum absolute atomic E-state index is 0.169. The molecule has 1 saturated heterocycles. The highest BCUT2D eigenvalue weighted by atomic mass is 32.1. The van der Waals surface area contributed by atoms with Crippen LogP contribution in [0.25, 0.3) is 16.6 Å². The molecule has 3 aliphatic rings. The topological polar surface area (TPSA) is 29.4 Å². The summed E-state index contributed by atoms with van der Waals surface area (Å²) in [5.74, 6) is 0. The van der Waals surface area contributed by atoms with Crippen LogP contribution in [0.5, 0.6) is 0 Å². The molecule has 0 spiro atoms. The van der Waals surface area contributed by atoms with Gasteiger partial charge in [0.15, 0.2) is 0 Å². The molecule has 0 saturated carbocycles. The Labute approximate surface area is 201 Å². The predicted molar refractivity (Wildman–Crippen MR) is 140 cm³/mol. The van der Waals surface area contributed by atoms with Gasteiger partial charge in [-0.25, -0.2) is 0 Å². The van der Waals surface area contributed by atoms with Gasteiger partial charge in [0.25, 0.3) is 5.17 Å². The normalized spacial score (nSPS) is 23.7. The van der Waals surface area contributed by atoms with Gasteiger partial charge in [-0.1, -0.05) is 48.9 Å². The van der Waals surface area contributed by atoms with Crippen molar-refractivity contribution in [2.75, 3.05) is 25.0 Å². The zero-order valence-electron chi connectivity index (χ0n) is 19.4. The first-order valence-electron chi connectivity index (χ1n) is 12.2. The molecule has 2 atom stereocenters. The maximum Gasteiger partial charge on any atom is 0.261 e. The van der Waals surface area contributed by atoms with Gasteiger partial charge in [0.2, 0.25) is 0 Å². The van der Waals surface area contributed by atoms with Crippen molar-refractivity contribution in [3.8, 4) is 0 Å². The van der Waals surface area contributed by atoms with Crippen molar-refractivity contribution in [3.05, 3.63) is 71.4 Å². The molecular formula is C28H31N3OS. The molecule has 0 bridgehead atoms. The quantitative estimate of drug-likeness (QED) is 0.465. The predicted octanol–water partition coefficient (Wildman–Crippen LogP) is 6.31. The third kappa shape index (κ3) is 3.32. The molecule has 170 valence electrons. The molecule has 0 aliphatic carbocycles. The number of rotatable bonds is 4. The number of benzene rings is 2. The minimum atomic E-state index is 0.169. The van der Waals surface area contributed by atoms with Crippen LogP contribution in [0.15, 0.2) is 54.6 Å². The van der Waals surface area contributed by atoms with Crippen LogP contribution in [0.3, 0.4) is 0 Å². The standard InChI is InChI=1S/C28H31N3OS/c1-3-28-14-6-15-30-16-13-23-22-7-4-5-8-24(22)31(25(23)26(28)30)21(17-28)18-32-27(33)29-20-11-9-19(2)10-12-20/h4-5,7-12,17,26H,3,6,13-16,18H2,1-2H3,(H,29,33)/t26-,28+/m1/s1. The van der Waals surface area contributed by atoms with Crippen molar-refractivity contribution >= 4 is 39.7 Å². The molecule has 3 aromatic rings. The van der Waals surface area contributed by atoms with E-state index in [0.717, 1.165) is 25.1 Å². The number of hydrogen-bond acceptors (Lipinski definition) is 3. The Balaban J connectivity index is 1.38. The second-order valence-corrected chi connectivity index (χ2v) is 10.2. The number of nitrogens with one attached hydrogen (secondary N) is 1. The zero-order valence-corrected chi connectivity index (χ0v) is 20.3. The van der Waals surface area contributed by atoms with Crippen LogP contribution in [0.1, 0.15) is 49.0 Å². The second kappa shape index (κ2) is 8.00. The van der Waals surface area contributed by atoms with Crippen LogP contribution in [-0.2, 0) is 11.2 Å². The van der Waals surface area contributed by atoms with E-state index in [0.29, 0.717) is 17.8 Å². The van der Waals surface area contributed by atoms with Crippen LogP contribution in [0.4, 0.5) is 5.69 Å². The number of ether oxygens (including phenoxy) is 1. The lowest BCUT2D eigenvalue weighted by atomic mass is 9.66. The molecule has 0 unspecified atom stereocenters. The Kier molecular flexibility index (Phi) is 5.07. The summed E-state index contributed by atoms with van der Waals surface area (Å²) in [4.78, 5) is 2.74. The Bertz CT molecular complexity index is 1260. The van der Waals surface area contributed by atoms with Crippen molar-refractivity contribution in [3.63, 3.8) is 0 Å². The fourth-order valence-corrected chi connectivity index (χ4v) is 6.60. The third-order valence-electron chi connectivity index (χ3n) is 7.97. The number of nitrogens with zero attached hydrogens (tertiary/aromatic N) is 2. The van der Waals surface area contributed by atoms with E-state index in [9.17, 15) is 0 Å². The van der Waals surface area contributed by atoms with Gasteiger partial charge in [0, 0.05) is 28.7 Å². The number of hydrogen-bond donors (Lipinski definition) is 1. The van der Waals surface area contributed by atoms with Crippen molar-refractivity contribution in [1.82, 2.24) is 9.47 Å². The lowest BCUT2D eigenvalue weighted by molar-refractivity contribution is 0.0264. The van der Waals surface area contributed by atoms with E-state index >= 15 is 0 Å². The molecule has 1 aromatic heterocycles. The summed E-state index contributed by atoms with van der Waals surface area (Å²) in [6.07, 6.45) is 7.30. The lowest BCUT2D eigenvalue weighted by Gasteiger charge is -2.53. The van der Waals surface area contributed by atoms with Gasteiger partial charge >= 0.3 is 0 Å². The zero-order chi connectivity index (χ0) is 22.6. The Morgan fingerprint density at radius 3 is 2.79 bits per heavy atom. The van der Waals surface area contributed by atoms with Crippen LogP contribution in [0.2, 0.25) is 0 Å². The Morgan fingerprint density at radius 1 is 1.15 bits per heavy atom. The van der Waals surface area contributed by atoms with E-state index < -0.39 is 0 Å². The molecule has 0 amide bonds. The molecule has 6 rings (SSSR count). The Hall–Kier alpha value is -2.63. The van der Waals surface area contributed by atoms with E-state index in [1.54, 1.807) is 0 Å². The van der Waals surface area contributed by atoms with Gasteiger partial charge < -0.3 is 14.6 Å². The molecular weight excluding hydrogens is 426 g/mol. The van der Waals surface area contributed by atoms with Crippen molar-refractivity contribution in [2.24, 2.45) is 5.41 Å². The van der Waals surface area contributed by atoms with Crippen molar-refractivity contribution < 1.29 is 4.74 Å². The first-order chi connectivity index (χ1) is 16.1.